The highest BCUT2D eigenvalue weighted by atomic mass is 16.2. The summed E-state index contributed by atoms with van der Waals surface area (Å²) < 4.78 is 0. The first-order valence-electron chi connectivity index (χ1n) is 4.54. The van der Waals surface area contributed by atoms with E-state index in [4.69, 9.17) is 16.5 Å². The maximum absolute atomic E-state index is 8.85. The van der Waals surface area contributed by atoms with Gasteiger partial charge in [0.1, 0.15) is 0 Å². The molecule has 0 rings (SSSR count). The second-order valence-electron chi connectivity index (χ2n) is 3.12. The molecule has 72 valence electrons. The van der Waals surface area contributed by atoms with Crippen molar-refractivity contribution in [1.82, 2.24) is 5.23 Å². The van der Waals surface area contributed by atoms with Crippen LogP contribution >= 0.6 is 0 Å². The molecule has 0 aliphatic carbocycles. The predicted octanol–water partition coefficient (Wildman–Crippen LogP) is -0.857. The first-order chi connectivity index (χ1) is 5.66. The molecule has 12 heavy (non-hydrogen) atoms. The third-order valence-electron chi connectivity index (χ3n) is 1.74. The molecule has 0 fully saturated rings. The summed E-state index contributed by atoms with van der Waals surface area (Å²) in [6.07, 6.45) is 3.08. The summed E-state index contributed by atoms with van der Waals surface area (Å²) in [6, 6.07) is 0.136. The van der Waals surface area contributed by atoms with E-state index in [1.54, 1.807) is 6.82 Å². The Morgan fingerprint density at radius 1 is 1.50 bits per heavy atom. The van der Waals surface area contributed by atoms with Crippen molar-refractivity contribution in [3.63, 3.8) is 0 Å². The average Bonchev–Trinajstić information content (AvgIpc) is 2.03. The van der Waals surface area contributed by atoms with Gasteiger partial charge in [0.25, 0.3) is 0 Å². The number of nitrogens with one attached hydrogen (secondary N) is 1. The molecule has 0 aromatic heterocycles. The molecule has 1 unspecified atom stereocenters. The molecule has 0 bridgehead atoms. The van der Waals surface area contributed by atoms with E-state index in [0.29, 0.717) is 6.54 Å². The van der Waals surface area contributed by atoms with Gasteiger partial charge in [-0.2, -0.15) is 0 Å². The summed E-state index contributed by atoms with van der Waals surface area (Å²) in [5, 5.41) is 11.8. The van der Waals surface area contributed by atoms with Crippen LogP contribution in [0, 0.1) is 0 Å². The van der Waals surface area contributed by atoms with Crippen molar-refractivity contribution in [3.8, 4) is 0 Å². The van der Waals surface area contributed by atoms with Crippen LogP contribution < -0.4 is 16.7 Å². The Hall–Kier alpha value is -0.0951. The molecule has 5 heteroatoms. The van der Waals surface area contributed by atoms with E-state index in [0.717, 1.165) is 25.8 Å². The molecule has 0 aliphatic rings. The molecule has 0 aromatic rings. The maximum atomic E-state index is 8.85. The Morgan fingerprint density at radius 2 is 2.17 bits per heavy atom. The molecule has 1 atom stereocenters. The van der Waals surface area contributed by atoms with Crippen LogP contribution in [0.1, 0.15) is 19.3 Å². The van der Waals surface area contributed by atoms with Crippen molar-refractivity contribution in [1.29, 1.82) is 0 Å². The Bertz CT molecular complexity index is 103. The zero-order chi connectivity index (χ0) is 9.40. The van der Waals surface area contributed by atoms with Gasteiger partial charge in [0.15, 0.2) is 0 Å². The monoisotopic (exact) mass is 173 g/mol. The van der Waals surface area contributed by atoms with E-state index in [9.17, 15) is 0 Å². The Labute approximate surface area is 74.8 Å². The van der Waals surface area contributed by atoms with Crippen LogP contribution in [0.25, 0.3) is 0 Å². The summed E-state index contributed by atoms with van der Waals surface area (Å²) in [6.45, 7) is 3.12. The van der Waals surface area contributed by atoms with Crippen LogP contribution in [0.4, 0.5) is 0 Å². The molecule has 0 radical (unpaired) electrons. The second-order valence-corrected chi connectivity index (χ2v) is 3.12. The zero-order valence-corrected chi connectivity index (χ0v) is 7.79. The normalized spacial score (nSPS) is 13.0. The highest BCUT2D eigenvalue weighted by Gasteiger charge is 2.01. The average molecular weight is 173 g/mol. The molecule has 0 saturated carbocycles. The van der Waals surface area contributed by atoms with E-state index in [1.807, 2.05) is 0 Å². The fourth-order valence-electron chi connectivity index (χ4n) is 0.960. The van der Waals surface area contributed by atoms with Crippen molar-refractivity contribution in [2.24, 2.45) is 11.5 Å². The minimum Gasteiger partial charge on any atom is -0.437 e. The molecule has 0 spiro atoms. The molecule has 4 nitrogen and oxygen atoms in total. The molecular formula is C7H20BN3O. The summed E-state index contributed by atoms with van der Waals surface area (Å²) in [5.74, 6) is 0. The Morgan fingerprint density at radius 3 is 2.67 bits per heavy atom. The van der Waals surface area contributed by atoms with Crippen LogP contribution in [0.2, 0.25) is 6.82 Å². The van der Waals surface area contributed by atoms with Gasteiger partial charge < -0.3 is 21.7 Å². The SMILES string of the molecule is CB(O)NCCCCC(N)CN. The number of hydrogen-bond acceptors (Lipinski definition) is 4. The fraction of sp³-hybridized carbons (Fsp3) is 1.00. The van der Waals surface area contributed by atoms with Gasteiger partial charge in [0.2, 0.25) is 0 Å². The lowest BCUT2D eigenvalue weighted by molar-refractivity contribution is 0.534. The third kappa shape index (κ3) is 8.01. The number of unbranched alkanes of at least 4 members (excludes halogenated alkanes) is 1. The van der Waals surface area contributed by atoms with Crippen LogP contribution in [0.5, 0.6) is 0 Å². The third-order valence-corrected chi connectivity index (χ3v) is 1.74. The van der Waals surface area contributed by atoms with Gasteiger partial charge in [-0.25, -0.2) is 0 Å². The van der Waals surface area contributed by atoms with Gasteiger partial charge in [0, 0.05) is 12.6 Å². The molecule has 6 N–H and O–H groups in total. The second kappa shape index (κ2) is 7.55. The highest BCUT2D eigenvalue weighted by Crippen LogP contribution is 1.96. The van der Waals surface area contributed by atoms with E-state index in [2.05, 4.69) is 5.23 Å². The van der Waals surface area contributed by atoms with E-state index in [1.165, 1.54) is 0 Å². The molecule has 0 aliphatic heterocycles. The summed E-state index contributed by atoms with van der Waals surface area (Å²) in [5.41, 5.74) is 11.0. The van der Waals surface area contributed by atoms with Gasteiger partial charge in [-0.15, -0.1) is 0 Å². The first-order valence-corrected chi connectivity index (χ1v) is 4.54. The summed E-state index contributed by atoms with van der Waals surface area (Å²) in [4.78, 5) is 0. The Kier molecular flexibility index (Phi) is 7.49. The quantitative estimate of drug-likeness (QED) is 0.298. The van der Waals surface area contributed by atoms with Gasteiger partial charge >= 0.3 is 7.05 Å². The van der Waals surface area contributed by atoms with Crippen LogP contribution in [0.15, 0.2) is 0 Å². The van der Waals surface area contributed by atoms with Gasteiger partial charge in [0.05, 0.1) is 0 Å². The molecule has 0 saturated heterocycles. The standard InChI is InChI=1S/C7H20BN3O/c1-8(12)11-5-3-2-4-7(10)6-9/h7,11-12H,2-6,9-10H2,1H3. The fourth-order valence-corrected chi connectivity index (χ4v) is 0.960. The lowest BCUT2D eigenvalue weighted by atomic mass is 9.89. The Balaban J connectivity index is 3.00. The van der Waals surface area contributed by atoms with Crippen molar-refractivity contribution < 1.29 is 5.02 Å². The molecule has 0 amide bonds. The van der Waals surface area contributed by atoms with E-state index >= 15 is 0 Å². The number of hydrogen-bond donors (Lipinski definition) is 4. The van der Waals surface area contributed by atoms with Crippen molar-refractivity contribution >= 4 is 7.05 Å². The minimum atomic E-state index is -0.409. The topological polar surface area (TPSA) is 84.3 Å². The lowest BCUT2D eigenvalue weighted by Crippen LogP contribution is -2.32. The van der Waals surface area contributed by atoms with E-state index in [-0.39, 0.29) is 6.04 Å². The smallest absolute Gasteiger partial charge is 0.373 e. The zero-order valence-electron chi connectivity index (χ0n) is 7.79. The van der Waals surface area contributed by atoms with Crippen LogP contribution in [0.3, 0.4) is 0 Å². The van der Waals surface area contributed by atoms with Gasteiger partial charge in [-0.3, -0.25) is 0 Å². The molecular weight excluding hydrogens is 153 g/mol. The maximum Gasteiger partial charge on any atom is 0.373 e. The summed E-state index contributed by atoms with van der Waals surface area (Å²) >= 11 is 0. The first kappa shape index (κ1) is 11.9. The highest BCUT2D eigenvalue weighted by molar-refractivity contribution is 6.45. The summed E-state index contributed by atoms with van der Waals surface area (Å²) in [7, 11) is -0.409. The van der Waals surface area contributed by atoms with Gasteiger partial charge in [-0.05, 0) is 26.2 Å². The van der Waals surface area contributed by atoms with Crippen LogP contribution in [-0.4, -0.2) is 31.2 Å². The van der Waals surface area contributed by atoms with E-state index < -0.39 is 7.05 Å². The predicted molar refractivity (Wildman–Crippen MR) is 52.7 cm³/mol. The van der Waals surface area contributed by atoms with Crippen molar-refractivity contribution in [2.45, 2.75) is 32.1 Å². The largest absolute Gasteiger partial charge is 0.437 e. The van der Waals surface area contributed by atoms with Gasteiger partial charge in [-0.1, -0.05) is 6.42 Å². The lowest BCUT2D eigenvalue weighted by Gasteiger charge is -2.08. The number of nitrogens with two attached hydrogens (primary N) is 2. The van der Waals surface area contributed by atoms with Crippen LogP contribution in [-0.2, 0) is 0 Å². The van der Waals surface area contributed by atoms with Crippen molar-refractivity contribution in [2.75, 3.05) is 13.1 Å². The molecule has 0 aromatic carbocycles. The van der Waals surface area contributed by atoms with Crippen molar-refractivity contribution in [3.05, 3.63) is 0 Å². The minimum absolute atomic E-state index is 0.136. The number of rotatable bonds is 7. The molecule has 0 heterocycles.